The molecule has 2 aromatic carbocycles. The zero-order chi connectivity index (χ0) is 20.0. The maximum absolute atomic E-state index is 12.2. The van der Waals surface area contributed by atoms with E-state index in [-0.39, 0.29) is 23.7 Å². The number of carbonyl (C=O) groups is 1. The van der Waals surface area contributed by atoms with Crippen molar-refractivity contribution in [1.82, 2.24) is 0 Å². The van der Waals surface area contributed by atoms with Gasteiger partial charge in [-0.3, -0.25) is 4.79 Å². The van der Waals surface area contributed by atoms with Crippen molar-refractivity contribution in [3.63, 3.8) is 0 Å². The lowest BCUT2D eigenvalue weighted by molar-refractivity contribution is -0.176. The second-order valence-electron chi connectivity index (χ2n) is 5.58. The van der Waals surface area contributed by atoms with E-state index in [9.17, 15) is 28.2 Å². The molecule has 0 radical (unpaired) electrons. The SMILES string of the molecule is COc1ccc(/C=C/C(=O)c2ccc(O)cc2O)cc1COCC(F)(F)F. The first-order valence-electron chi connectivity index (χ1n) is 7.75. The largest absolute Gasteiger partial charge is 0.508 e. The molecule has 2 aromatic rings. The van der Waals surface area contributed by atoms with Crippen LogP contribution in [-0.4, -0.2) is 35.9 Å². The zero-order valence-corrected chi connectivity index (χ0v) is 14.3. The van der Waals surface area contributed by atoms with Gasteiger partial charge in [0, 0.05) is 11.6 Å². The van der Waals surface area contributed by atoms with Gasteiger partial charge in [0.15, 0.2) is 5.78 Å². The third-order valence-electron chi connectivity index (χ3n) is 3.50. The van der Waals surface area contributed by atoms with Gasteiger partial charge in [0.1, 0.15) is 23.9 Å². The number of phenols is 2. The van der Waals surface area contributed by atoms with Crippen molar-refractivity contribution in [2.24, 2.45) is 0 Å². The average Bonchev–Trinajstić information content (AvgIpc) is 2.58. The number of alkyl halides is 3. The van der Waals surface area contributed by atoms with E-state index >= 15 is 0 Å². The minimum atomic E-state index is -4.43. The van der Waals surface area contributed by atoms with Gasteiger partial charge in [0.25, 0.3) is 0 Å². The fraction of sp³-hybridized carbons (Fsp3) is 0.211. The van der Waals surface area contributed by atoms with Crippen LogP contribution in [0.4, 0.5) is 13.2 Å². The Balaban J connectivity index is 2.14. The third-order valence-corrected chi connectivity index (χ3v) is 3.50. The van der Waals surface area contributed by atoms with Crippen LogP contribution in [0.15, 0.2) is 42.5 Å². The summed E-state index contributed by atoms with van der Waals surface area (Å²) in [6.07, 6.45) is -1.78. The minimum Gasteiger partial charge on any atom is -0.508 e. The molecule has 0 fully saturated rings. The predicted molar refractivity (Wildman–Crippen MR) is 91.8 cm³/mol. The first-order valence-corrected chi connectivity index (χ1v) is 7.75. The Morgan fingerprint density at radius 2 is 1.89 bits per heavy atom. The summed E-state index contributed by atoms with van der Waals surface area (Å²) in [4.78, 5) is 12.1. The second-order valence-corrected chi connectivity index (χ2v) is 5.58. The number of carbonyl (C=O) groups excluding carboxylic acids is 1. The molecule has 27 heavy (non-hydrogen) atoms. The summed E-state index contributed by atoms with van der Waals surface area (Å²) < 4.78 is 46.4. The summed E-state index contributed by atoms with van der Waals surface area (Å²) in [6, 6.07) is 8.30. The molecule has 0 aromatic heterocycles. The number of hydrogen-bond donors (Lipinski definition) is 2. The number of benzene rings is 2. The normalized spacial score (nSPS) is 11.7. The van der Waals surface area contributed by atoms with E-state index < -0.39 is 18.6 Å². The Hall–Kier alpha value is -3.00. The molecular weight excluding hydrogens is 365 g/mol. The third kappa shape index (κ3) is 6.03. The Kier molecular flexibility index (Phi) is 6.46. The monoisotopic (exact) mass is 382 g/mol. The van der Waals surface area contributed by atoms with Gasteiger partial charge in [-0.25, -0.2) is 0 Å². The molecule has 0 heterocycles. The van der Waals surface area contributed by atoms with Crippen LogP contribution < -0.4 is 4.74 Å². The molecule has 2 rings (SSSR count). The van der Waals surface area contributed by atoms with E-state index in [2.05, 4.69) is 4.74 Å². The summed E-state index contributed by atoms with van der Waals surface area (Å²) in [6.45, 7) is -1.69. The highest BCUT2D eigenvalue weighted by Crippen LogP contribution is 2.25. The highest BCUT2D eigenvalue weighted by atomic mass is 19.4. The molecule has 5 nitrogen and oxygen atoms in total. The van der Waals surface area contributed by atoms with Crippen LogP contribution in [0.2, 0.25) is 0 Å². The van der Waals surface area contributed by atoms with Crippen LogP contribution in [0.25, 0.3) is 6.08 Å². The van der Waals surface area contributed by atoms with E-state index in [4.69, 9.17) is 4.74 Å². The fourth-order valence-electron chi connectivity index (χ4n) is 2.28. The first-order chi connectivity index (χ1) is 12.7. The Labute approximate surface area is 153 Å². The number of aromatic hydroxyl groups is 2. The van der Waals surface area contributed by atoms with Crippen molar-refractivity contribution in [2.45, 2.75) is 12.8 Å². The van der Waals surface area contributed by atoms with Gasteiger partial charge in [-0.05, 0) is 35.9 Å². The maximum atomic E-state index is 12.2. The Morgan fingerprint density at radius 1 is 1.15 bits per heavy atom. The molecule has 0 saturated carbocycles. The van der Waals surface area contributed by atoms with Crippen LogP contribution in [0, 0.1) is 0 Å². The van der Waals surface area contributed by atoms with Crippen molar-refractivity contribution >= 4 is 11.9 Å². The lowest BCUT2D eigenvalue weighted by Crippen LogP contribution is -2.16. The van der Waals surface area contributed by atoms with E-state index in [0.29, 0.717) is 16.9 Å². The zero-order valence-electron chi connectivity index (χ0n) is 14.3. The highest BCUT2D eigenvalue weighted by molar-refractivity contribution is 6.08. The molecule has 144 valence electrons. The lowest BCUT2D eigenvalue weighted by Gasteiger charge is -2.11. The molecule has 0 saturated heterocycles. The number of ketones is 1. The first kappa shape index (κ1) is 20.3. The standard InChI is InChI=1S/C19H17F3O5/c1-26-18-7-3-12(8-13(18)10-27-11-19(20,21)22)2-6-16(24)15-5-4-14(23)9-17(15)25/h2-9,23,25H,10-11H2,1H3/b6-2+. The van der Waals surface area contributed by atoms with Crippen LogP contribution >= 0.6 is 0 Å². The molecule has 0 aliphatic carbocycles. The van der Waals surface area contributed by atoms with E-state index in [0.717, 1.165) is 6.07 Å². The molecule has 0 unspecified atom stereocenters. The summed E-state index contributed by atoms with van der Waals surface area (Å²) >= 11 is 0. The van der Waals surface area contributed by atoms with Gasteiger partial charge in [0.2, 0.25) is 0 Å². The van der Waals surface area contributed by atoms with Crippen LogP contribution in [-0.2, 0) is 11.3 Å². The van der Waals surface area contributed by atoms with E-state index in [1.54, 1.807) is 12.1 Å². The number of hydrogen-bond acceptors (Lipinski definition) is 5. The van der Waals surface area contributed by atoms with Gasteiger partial charge in [-0.15, -0.1) is 0 Å². The van der Waals surface area contributed by atoms with Crippen LogP contribution in [0.3, 0.4) is 0 Å². The maximum Gasteiger partial charge on any atom is 0.411 e. The fourth-order valence-corrected chi connectivity index (χ4v) is 2.28. The number of methoxy groups -OCH3 is 1. The molecule has 0 amide bonds. The van der Waals surface area contributed by atoms with Crippen LogP contribution in [0.5, 0.6) is 17.2 Å². The van der Waals surface area contributed by atoms with Crippen molar-refractivity contribution in [3.8, 4) is 17.2 Å². The predicted octanol–water partition coefficient (Wildman–Crippen LogP) is 4.08. The minimum absolute atomic E-state index is 0.00583. The van der Waals surface area contributed by atoms with E-state index in [1.807, 2.05) is 0 Å². The van der Waals surface area contributed by atoms with Crippen LogP contribution in [0.1, 0.15) is 21.5 Å². The molecular formula is C19H17F3O5. The smallest absolute Gasteiger partial charge is 0.411 e. The Bertz CT molecular complexity index is 844. The molecule has 0 spiro atoms. The van der Waals surface area contributed by atoms with Crippen molar-refractivity contribution in [3.05, 3.63) is 59.2 Å². The number of halogens is 3. The lowest BCUT2D eigenvalue weighted by atomic mass is 10.1. The summed E-state index contributed by atoms with van der Waals surface area (Å²) in [7, 11) is 1.38. The van der Waals surface area contributed by atoms with Crippen molar-refractivity contribution < 1.29 is 37.7 Å². The summed E-state index contributed by atoms with van der Waals surface area (Å²) in [5.41, 5.74) is 0.933. The number of rotatable bonds is 7. The molecule has 0 bridgehead atoms. The number of ether oxygens (including phenoxy) is 2. The molecule has 8 heteroatoms. The van der Waals surface area contributed by atoms with Crippen molar-refractivity contribution in [1.29, 1.82) is 0 Å². The van der Waals surface area contributed by atoms with E-state index in [1.165, 1.54) is 37.5 Å². The molecule has 0 aliphatic rings. The van der Waals surface area contributed by atoms with Gasteiger partial charge in [0.05, 0.1) is 19.3 Å². The number of allylic oxidation sites excluding steroid dienone is 1. The molecule has 0 aliphatic heterocycles. The summed E-state index contributed by atoms with van der Waals surface area (Å²) in [5.74, 6) is -0.678. The number of phenolic OH excluding ortho intramolecular Hbond substituents is 2. The van der Waals surface area contributed by atoms with Crippen molar-refractivity contribution in [2.75, 3.05) is 13.7 Å². The molecule has 0 atom stereocenters. The topological polar surface area (TPSA) is 76.0 Å². The van der Waals surface area contributed by atoms with Gasteiger partial charge in [-0.1, -0.05) is 12.1 Å². The highest BCUT2D eigenvalue weighted by Gasteiger charge is 2.27. The summed E-state index contributed by atoms with van der Waals surface area (Å²) in [5, 5.41) is 18.9. The molecule has 2 N–H and O–H groups in total. The van der Waals surface area contributed by atoms with Gasteiger partial charge >= 0.3 is 6.18 Å². The second kappa shape index (κ2) is 8.59. The quantitative estimate of drug-likeness (QED) is 0.557. The van der Waals surface area contributed by atoms with Gasteiger partial charge in [-0.2, -0.15) is 13.2 Å². The Morgan fingerprint density at radius 3 is 2.52 bits per heavy atom. The average molecular weight is 382 g/mol. The van der Waals surface area contributed by atoms with Gasteiger partial charge < -0.3 is 19.7 Å².